The van der Waals surface area contributed by atoms with Crippen molar-refractivity contribution in [3.8, 4) is 0 Å². The van der Waals surface area contributed by atoms with E-state index in [1.807, 2.05) is 30.0 Å². The number of rotatable bonds is 7. The van der Waals surface area contributed by atoms with Crippen LogP contribution in [0.1, 0.15) is 18.4 Å². The van der Waals surface area contributed by atoms with Crippen molar-refractivity contribution in [2.24, 2.45) is 0 Å². The van der Waals surface area contributed by atoms with Crippen LogP contribution < -0.4 is 9.62 Å². The van der Waals surface area contributed by atoms with E-state index in [-0.39, 0.29) is 17.3 Å². The molecule has 0 aliphatic carbocycles. The normalized spacial score (nSPS) is 14.9. The lowest BCUT2D eigenvalue weighted by atomic mass is 10.2. The molecule has 1 fully saturated rings. The largest absolute Gasteiger partial charge is 0.368 e. The minimum absolute atomic E-state index is 0.0854. The predicted molar refractivity (Wildman–Crippen MR) is 111 cm³/mol. The number of carbonyl (C=O) groups excluding carboxylic acids is 1. The average molecular weight is 402 g/mol. The molecule has 1 heterocycles. The van der Waals surface area contributed by atoms with Gasteiger partial charge in [-0.05, 0) is 37.6 Å². The maximum atomic E-state index is 12.4. The lowest BCUT2D eigenvalue weighted by Gasteiger charge is -2.36. The summed E-state index contributed by atoms with van der Waals surface area (Å²) in [6.07, 6.45) is 0.838. The molecule has 3 rings (SSSR count). The Morgan fingerprint density at radius 3 is 2.25 bits per heavy atom. The zero-order valence-corrected chi connectivity index (χ0v) is 17.0. The van der Waals surface area contributed by atoms with Gasteiger partial charge in [-0.15, -0.1) is 0 Å². The van der Waals surface area contributed by atoms with E-state index >= 15 is 0 Å². The van der Waals surface area contributed by atoms with Gasteiger partial charge in [0, 0.05) is 44.8 Å². The molecule has 1 aliphatic rings. The van der Waals surface area contributed by atoms with Crippen LogP contribution in [-0.4, -0.2) is 51.9 Å². The molecule has 1 aliphatic heterocycles. The molecule has 0 bridgehead atoms. The minimum Gasteiger partial charge on any atom is -0.368 e. The average Bonchev–Trinajstić information content (AvgIpc) is 2.72. The highest BCUT2D eigenvalue weighted by molar-refractivity contribution is 7.89. The molecule has 0 radical (unpaired) electrons. The number of sulfonamides is 1. The number of hydrogen-bond acceptors (Lipinski definition) is 4. The Bertz CT molecular complexity index is 875. The number of aryl methyl sites for hydroxylation is 1. The van der Waals surface area contributed by atoms with E-state index in [1.165, 1.54) is 5.69 Å². The maximum Gasteiger partial charge on any atom is 0.240 e. The maximum absolute atomic E-state index is 12.4. The first kappa shape index (κ1) is 20.4. The monoisotopic (exact) mass is 401 g/mol. The molecule has 1 amide bonds. The third kappa shape index (κ3) is 5.33. The van der Waals surface area contributed by atoms with Crippen LogP contribution in [0.25, 0.3) is 0 Å². The molecule has 0 spiro atoms. The number of nitrogens with one attached hydrogen (secondary N) is 1. The summed E-state index contributed by atoms with van der Waals surface area (Å²) in [7, 11) is -3.52. The molecule has 2 aromatic rings. The zero-order chi connectivity index (χ0) is 20.0. The van der Waals surface area contributed by atoms with Crippen molar-refractivity contribution in [1.82, 2.24) is 9.62 Å². The van der Waals surface area contributed by atoms with E-state index < -0.39 is 10.0 Å². The summed E-state index contributed by atoms with van der Waals surface area (Å²) < 4.78 is 27.1. The van der Waals surface area contributed by atoms with Crippen molar-refractivity contribution in [3.63, 3.8) is 0 Å². The van der Waals surface area contributed by atoms with E-state index in [2.05, 4.69) is 21.8 Å². The van der Waals surface area contributed by atoms with Crippen molar-refractivity contribution in [2.75, 3.05) is 37.6 Å². The number of amides is 1. The highest BCUT2D eigenvalue weighted by Crippen LogP contribution is 2.16. The van der Waals surface area contributed by atoms with Crippen LogP contribution in [-0.2, 0) is 14.8 Å². The van der Waals surface area contributed by atoms with Gasteiger partial charge in [-0.1, -0.05) is 35.9 Å². The summed E-state index contributed by atoms with van der Waals surface area (Å²) in [5.74, 6) is 0.0854. The Kier molecular flexibility index (Phi) is 6.70. The fourth-order valence-corrected chi connectivity index (χ4v) is 4.33. The van der Waals surface area contributed by atoms with Crippen LogP contribution in [0.5, 0.6) is 0 Å². The Morgan fingerprint density at radius 1 is 0.964 bits per heavy atom. The second kappa shape index (κ2) is 9.21. The number of carbonyl (C=O) groups is 1. The number of anilines is 1. The number of piperazine rings is 1. The minimum atomic E-state index is -3.52. The second-order valence-corrected chi connectivity index (χ2v) is 8.78. The summed E-state index contributed by atoms with van der Waals surface area (Å²) in [5.41, 5.74) is 2.19. The van der Waals surface area contributed by atoms with Crippen molar-refractivity contribution in [2.45, 2.75) is 24.7 Å². The van der Waals surface area contributed by atoms with Crippen LogP contribution in [0, 0.1) is 6.92 Å². The van der Waals surface area contributed by atoms with Crippen molar-refractivity contribution in [3.05, 3.63) is 60.2 Å². The first-order valence-electron chi connectivity index (χ1n) is 9.60. The molecule has 0 unspecified atom stereocenters. The molecule has 1 N–H and O–H groups in total. The van der Waals surface area contributed by atoms with Crippen molar-refractivity contribution in [1.29, 1.82) is 0 Å². The van der Waals surface area contributed by atoms with Gasteiger partial charge in [0.05, 0.1) is 4.90 Å². The van der Waals surface area contributed by atoms with Crippen LogP contribution in [0.4, 0.5) is 5.69 Å². The number of hydrogen-bond donors (Lipinski definition) is 1. The Hall–Kier alpha value is -2.38. The van der Waals surface area contributed by atoms with Gasteiger partial charge in [0.1, 0.15) is 0 Å². The van der Waals surface area contributed by atoms with E-state index in [0.717, 1.165) is 18.7 Å². The SMILES string of the molecule is Cc1ccc(S(=O)(=O)NCCCC(=O)N2CCN(c3ccccc3)CC2)cc1. The molecular weight excluding hydrogens is 374 g/mol. The first-order chi connectivity index (χ1) is 13.5. The molecule has 6 nitrogen and oxygen atoms in total. The highest BCUT2D eigenvalue weighted by atomic mass is 32.2. The molecule has 28 heavy (non-hydrogen) atoms. The van der Waals surface area contributed by atoms with Crippen molar-refractivity contribution < 1.29 is 13.2 Å². The van der Waals surface area contributed by atoms with E-state index in [9.17, 15) is 13.2 Å². The van der Waals surface area contributed by atoms with Gasteiger partial charge in [-0.3, -0.25) is 4.79 Å². The Morgan fingerprint density at radius 2 is 1.61 bits per heavy atom. The number of nitrogens with zero attached hydrogens (tertiary/aromatic N) is 2. The third-order valence-corrected chi connectivity index (χ3v) is 6.42. The highest BCUT2D eigenvalue weighted by Gasteiger charge is 2.21. The first-order valence-corrected chi connectivity index (χ1v) is 11.1. The van der Waals surface area contributed by atoms with Gasteiger partial charge in [0.15, 0.2) is 0 Å². The fraction of sp³-hybridized carbons (Fsp3) is 0.381. The third-order valence-electron chi connectivity index (χ3n) is 4.94. The lowest BCUT2D eigenvalue weighted by molar-refractivity contribution is -0.131. The second-order valence-electron chi connectivity index (χ2n) is 7.02. The standard InChI is InChI=1S/C21H27N3O3S/c1-18-9-11-20(12-10-18)28(26,27)22-13-5-8-21(25)24-16-14-23(15-17-24)19-6-3-2-4-7-19/h2-4,6-7,9-12,22H,5,8,13-17H2,1H3. The summed E-state index contributed by atoms with van der Waals surface area (Å²) in [6, 6.07) is 16.9. The molecule has 0 atom stereocenters. The molecule has 0 aromatic heterocycles. The van der Waals surface area contributed by atoms with Gasteiger partial charge >= 0.3 is 0 Å². The summed E-state index contributed by atoms with van der Waals surface area (Å²) in [5, 5.41) is 0. The zero-order valence-electron chi connectivity index (χ0n) is 16.2. The van der Waals surface area contributed by atoms with Gasteiger partial charge in [0.25, 0.3) is 0 Å². The van der Waals surface area contributed by atoms with Crippen LogP contribution in [0.15, 0.2) is 59.5 Å². The van der Waals surface area contributed by atoms with E-state index in [1.54, 1.807) is 24.3 Å². The predicted octanol–water partition coefficient (Wildman–Crippen LogP) is 2.40. The van der Waals surface area contributed by atoms with Gasteiger partial charge < -0.3 is 9.80 Å². The quantitative estimate of drug-likeness (QED) is 0.724. The lowest BCUT2D eigenvalue weighted by Crippen LogP contribution is -2.48. The van der Waals surface area contributed by atoms with Crippen LogP contribution >= 0.6 is 0 Å². The summed E-state index contributed by atoms with van der Waals surface area (Å²) >= 11 is 0. The van der Waals surface area contributed by atoms with Gasteiger partial charge in [0.2, 0.25) is 15.9 Å². The smallest absolute Gasteiger partial charge is 0.240 e. The Labute approximate surface area is 167 Å². The molecule has 0 saturated carbocycles. The summed E-state index contributed by atoms with van der Waals surface area (Å²) in [6.45, 7) is 5.19. The van der Waals surface area contributed by atoms with Crippen molar-refractivity contribution >= 4 is 21.6 Å². The van der Waals surface area contributed by atoms with E-state index in [0.29, 0.717) is 25.9 Å². The molecule has 1 saturated heterocycles. The number of para-hydroxylation sites is 1. The van der Waals surface area contributed by atoms with E-state index in [4.69, 9.17) is 0 Å². The van der Waals surface area contributed by atoms with Gasteiger partial charge in [-0.2, -0.15) is 0 Å². The molecule has 7 heteroatoms. The Balaban J connectivity index is 1.40. The van der Waals surface area contributed by atoms with Gasteiger partial charge in [-0.25, -0.2) is 13.1 Å². The molecular formula is C21H27N3O3S. The fourth-order valence-electron chi connectivity index (χ4n) is 3.26. The molecule has 150 valence electrons. The summed E-state index contributed by atoms with van der Waals surface area (Å²) in [4.78, 5) is 16.8. The van der Waals surface area contributed by atoms with Crippen LogP contribution in [0.2, 0.25) is 0 Å². The topological polar surface area (TPSA) is 69.7 Å². The molecule has 2 aromatic carbocycles. The van der Waals surface area contributed by atoms with Crippen LogP contribution in [0.3, 0.4) is 0 Å². The number of benzene rings is 2.